The van der Waals surface area contributed by atoms with Gasteiger partial charge in [-0.3, -0.25) is 9.10 Å². The standard InChI is InChI=1S/C19H22F2N2O3S/c1-22(14-15-7-4-3-5-8-15)19(24)9-6-12-23(27(2,25)26)16-10-11-17(20)18(21)13-16/h3-5,7-8,10-11,13H,6,9,12,14H2,1-2H3. The normalized spacial score (nSPS) is 11.3. The van der Waals surface area contributed by atoms with Crippen molar-refractivity contribution in [2.24, 2.45) is 0 Å². The molecular weight excluding hydrogens is 374 g/mol. The van der Waals surface area contributed by atoms with Gasteiger partial charge in [0.1, 0.15) is 0 Å². The fraction of sp³-hybridized carbons (Fsp3) is 0.316. The Morgan fingerprint density at radius 3 is 2.30 bits per heavy atom. The Morgan fingerprint density at radius 1 is 1.04 bits per heavy atom. The van der Waals surface area contributed by atoms with Crippen molar-refractivity contribution < 1.29 is 22.0 Å². The number of carbonyl (C=O) groups excluding carboxylic acids is 1. The quantitative estimate of drug-likeness (QED) is 0.689. The molecule has 8 heteroatoms. The molecule has 2 aromatic carbocycles. The van der Waals surface area contributed by atoms with Gasteiger partial charge >= 0.3 is 0 Å². The molecule has 0 N–H and O–H groups in total. The van der Waals surface area contributed by atoms with E-state index in [0.717, 1.165) is 28.3 Å². The minimum Gasteiger partial charge on any atom is -0.341 e. The van der Waals surface area contributed by atoms with Crippen LogP contribution in [0.15, 0.2) is 48.5 Å². The molecule has 0 aliphatic rings. The van der Waals surface area contributed by atoms with Gasteiger partial charge in [0.15, 0.2) is 11.6 Å². The molecule has 2 rings (SSSR count). The van der Waals surface area contributed by atoms with E-state index in [1.165, 1.54) is 6.07 Å². The van der Waals surface area contributed by atoms with Gasteiger partial charge < -0.3 is 4.90 Å². The summed E-state index contributed by atoms with van der Waals surface area (Å²) in [5, 5.41) is 0. The van der Waals surface area contributed by atoms with Crippen molar-refractivity contribution in [2.45, 2.75) is 19.4 Å². The summed E-state index contributed by atoms with van der Waals surface area (Å²) in [6.07, 6.45) is 1.38. The summed E-state index contributed by atoms with van der Waals surface area (Å²) in [5.41, 5.74) is 1.02. The average molecular weight is 396 g/mol. The molecule has 0 saturated heterocycles. The van der Waals surface area contributed by atoms with Crippen LogP contribution in [0.5, 0.6) is 0 Å². The predicted octanol–water partition coefficient (Wildman–Crippen LogP) is 3.17. The zero-order chi connectivity index (χ0) is 20.0. The highest BCUT2D eigenvalue weighted by molar-refractivity contribution is 7.92. The van der Waals surface area contributed by atoms with Crippen LogP contribution in [0.3, 0.4) is 0 Å². The van der Waals surface area contributed by atoms with E-state index in [0.29, 0.717) is 6.54 Å². The Hall–Kier alpha value is -2.48. The van der Waals surface area contributed by atoms with Crippen LogP contribution in [0, 0.1) is 11.6 Å². The summed E-state index contributed by atoms with van der Waals surface area (Å²) in [6.45, 7) is 0.452. The topological polar surface area (TPSA) is 57.7 Å². The maximum atomic E-state index is 13.4. The second kappa shape index (κ2) is 8.94. The zero-order valence-electron chi connectivity index (χ0n) is 15.2. The van der Waals surface area contributed by atoms with E-state index in [1.54, 1.807) is 11.9 Å². The molecule has 0 heterocycles. The van der Waals surface area contributed by atoms with Gasteiger partial charge in [-0.2, -0.15) is 0 Å². The minimum atomic E-state index is -3.69. The number of hydrogen-bond donors (Lipinski definition) is 0. The van der Waals surface area contributed by atoms with Crippen molar-refractivity contribution in [3.05, 3.63) is 65.7 Å². The van der Waals surface area contributed by atoms with Gasteiger partial charge in [0, 0.05) is 32.6 Å². The van der Waals surface area contributed by atoms with Crippen molar-refractivity contribution in [3.8, 4) is 0 Å². The maximum absolute atomic E-state index is 13.4. The smallest absolute Gasteiger partial charge is 0.232 e. The predicted molar refractivity (Wildman–Crippen MR) is 101 cm³/mol. The maximum Gasteiger partial charge on any atom is 0.232 e. The third-order valence-corrected chi connectivity index (χ3v) is 5.23. The third-order valence-electron chi connectivity index (χ3n) is 4.03. The van der Waals surface area contributed by atoms with E-state index in [4.69, 9.17) is 0 Å². The Kier molecular flexibility index (Phi) is 6.90. The van der Waals surface area contributed by atoms with Crippen LogP contribution in [-0.4, -0.2) is 39.1 Å². The number of anilines is 1. The molecular formula is C19H22F2N2O3S. The van der Waals surface area contributed by atoms with Gasteiger partial charge in [0.05, 0.1) is 11.9 Å². The highest BCUT2D eigenvalue weighted by Gasteiger charge is 2.19. The molecule has 0 aromatic heterocycles. The molecule has 0 aliphatic heterocycles. The van der Waals surface area contributed by atoms with Gasteiger partial charge in [-0.25, -0.2) is 17.2 Å². The van der Waals surface area contributed by atoms with Crippen LogP contribution >= 0.6 is 0 Å². The monoisotopic (exact) mass is 396 g/mol. The number of amides is 1. The molecule has 0 spiro atoms. The van der Waals surface area contributed by atoms with Crippen LogP contribution in [0.1, 0.15) is 18.4 Å². The van der Waals surface area contributed by atoms with Crippen LogP contribution in [0.2, 0.25) is 0 Å². The molecule has 27 heavy (non-hydrogen) atoms. The van der Waals surface area contributed by atoms with Crippen molar-refractivity contribution in [2.75, 3.05) is 24.2 Å². The lowest BCUT2D eigenvalue weighted by atomic mass is 10.2. The minimum absolute atomic E-state index is 0.00514. The summed E-state index contributed by atoms with van der Waals surface area (Å²) < 4.78 is 51.5. The Labute approximate surface area is 158 Å². The van der Waals surface area contributed by atoms with Gasteiger partial charge in [-0.15, -0.1) is 0 Å². The molecule has 0 fully saturated rings. The van der Waals surface area contributed by atoms with Crippen molar-refractivity contribution in [1.29, 1.82) is 0 Å². The zero-order valence-corrected chi connectivity index (χ0v) is 16.0. The van der Waals surface area contributed by atoms with E-state index in [2.05, 4.69) is 0 Å². The molecule has 2 aromatic rings. The van der Waals surface area contributed by atoms with Gasteiger partial charge in [-0.05, 0) is 24.1 Å². The fourth-order valence-corrected chi connectivity index (χ4v) is 3.59. The van der Waals surface area contributed by atoms with Gasteiger partial charge in [0.2, 0.25) is 15.9 Å². The first-order chi connectivity index (χ1) is 12.7. The molecule has 0 atom stereocenters. The van der Waals surface area contributed by atoms with E-state index in [-0.39, 0.29) is 31.0 Å². The lowest BCUT2D eigenvalue weighted by Gasteiger charge is -2.23. The second-order valence-corrected chi connectivity index (χ2v) is 8.18. The van der Waals surface area contributed by atoms with Crippen molar-refractivity contribution in [3.63, 3.8) is 0 Å². The molecule has 0 radical (unpaired) electrons. The summed E-state index contributed by atoms with van der Waals surface area (Å²) >= 11 is 0. The SMILES string of the molecule is CN(Cc1ccccc1)C(=O)CCCN(c1ccc(F)c(F)c1)S(C)(=O)=O. The third kappa shape index (κ3) is 6.02. The number of carbonyl (C=O) groups is 1. The number of hydrogen-bond acceptors (Lipinski definition) is 3. The first-order valence-corrected chi connectivity index (χ1v) is 10.2. The first kappa shape index (κ1) is 20.8. The summed E-state index contributed by atoms with van der Waals surface area (Å²) in [5.74, 6) is -2.30. The van der Waals surface area contributed by atoms with Crippen LogP contribution in [0.25, 0.3) is 0 Å². The molecule has 0 aliphatic carbocycles. The van der Waals surface area contributed by atoms with Crippen molar-refractivity contribution in [1.82, 2.24) is 4.90 Å². The van der Waals surface area contributed by atoms with E-state index in [1.807, 2.05) is 30.3 Å². The van der Waals surface area contributed by atoms with E-state index in [9.17, 15) is 22.0 Å². The molecule has 1 amide bonds. The number of rotatable bonds is 8. The van der Waals surface area contributed by atoms with Crippen molar-refractivity contribution >= 4 is 21.6 Å². The molecule has 146 valence electrons. The highest BCUT2D eigenvalue weighted by Crippen LogP contribution is 2.21. The number of sulfonamides is 1. The van der Waals surface area contributed by atoms with E-state index < -0.39 is 21.7 Å². The second-order valence-electron chi connectivity index (χ2n) is 6.27. The average Bonchev–Trinajstić information content (AvgIpc) is 2.61. The van der Waals surface area contributed by atoms with Crippen LogP contribution in [0.4, 0.5) is 14.5 Å². The molecule has 0 unspecified atom stereocenters. The first-order valence-electron chi connectivity index (χ1n) is 8.39. The van der Waals surface area contributed by atoms with Crippen LogP contribution < -0.4 is 4.31 Å². The lowest BCUT2D eigenvalue weighted by Crippen LogP contribution is -2.32. The largest absolute Gasteiger partial charge is 0.341 e. The van der Waals surface area contributed by atoms with Crippen LogP contribution in [-0.2, 0) is 21.4 Å². The fourth-order valence-electron chi connectivity index (χ4n) is 2.64. The summed E-state index contributed by atoms with van der Waals surface area (Å²) in [6, 6.07) is 12.4. The van der Waals surface area contributed by atoms with Gasteiger partial charge in [0.25, 0.3) is 0 Å². The highest BCUT2D eigenvalue weighted by atomic mass is 32.2. The number of halogens is 2. The molecule has 0 saturated carbocycles. The lowest BCUT2D eigenvalue weighted by molar-refractivity contribution is -0.130. The van der Waals surface area contributed by atoms with E-state index >= 15 is 0 Å². The number of benzene rings is 2. The molecule has 0 bridgehead atoms. The molecule has 5 nitrogen and oxygen atoms in total. The Bertz CT molecular complexity index is 889. The Morgan fingerprint density at radius 2 is 1.70 bits per heavy atom. The number of nitrogens with zero attached hydrogens (tertiary/aromatic N) is 2. The van der Waals surface area contributed by atoms with Gasteiger partial charge in [-0.1, -0.05) is 30.3 Å². The summed E-state index contributed by atoms with van der Waals surface area (Å²) in [4.78, 5) is 13.8. The summed E-state index contributed by atoms with van der Waals surface area (Å²) in [7, 11) is -2.02. The Balaban J connectivity index is 1.97.